The summed E-state index contributed by atoms with van der Waals surface area (Å²) in [6.45, 7) is 12.1. The highest BCUT2D eigenvalue weighted by atomic mass is 19.1. The third kappa shape index (κ3) is 11.8. The Balaban J connectivity index is 4.30. The normalized spacial score (nSPS) is 19.1. The van der Waals surface area contributed by atoms with E-state index < -0.39 is 12.8 Å². The molecule has 5 unspecified atom stereocenters. The number of alkyl halides is 1. The van der Waals surface area contributed by atoms with Crippen LogP contribution in [0.4, 0.5) is 4.39 Å². The molecule has 0 radical (unpaired) electrons. The second-order valence-corrected chi connectivity index (χ2v) is 7.66. The van der Waals surface area contributed by atoms with Crippen LogP contribution in [0.5, 0.6) is 0 Å². The fourth-order valence-corrected chi connectivity index (χ4v) is 2.99. The first-order chi connectivity index (χ1) is 11.7. The third-order valence-corrected chi connectivity index (χ3v) is 4.49. The maximum absolute atomic E-state index is 12.2. The van der Waals surface area contributed by atoms with Crippen LogP contribution in [0.25, 0.3) is 0 Å². The topological polar surface area (TPSA) is 84.6 Å². The molecular weight excluding hydrogens is 317 g/mol. The van der Waals surface area contributed by atoms with Crippen molar-refractivity contribution in [3.8, 4) is 0 Å². The number of hydrogen-bond acceptors (Lipinski definition) is 3. The molecule has 0 amide bonds. The zero-order chi connectivity index (χ0) is 19.4. The number of rotatable bonds is 13. The Morgan fingerprint density at radius 2 is 1.68 bits per heavy atom. The SMILES string of the molecule is C=CC(C)CC(C)CC(C)CC(O)/C(N)=C\CC(C)CN=C(N)CF. The molecule has 146 valence electrons. The van der Waals surface area contributed by atoms with Gasteiger partial charge in [0.2, 0.25) is 0 Å². The van der Waals surface area contributed by atoms with Gasteiger partial charge in [-0.1, -0.05) is 39.8 Å². The lowest BCUT2D eigenvalue weighted by molar-refractivity contribution is 0.168. The minimum Gasteiger partial charge on any atom is -0.400 e. The van der Waals surface area contributed by atoms with Crippen LogP contribution in [0.3, 0.4) is 0 Å². The van der Waals surface area contributed by atoms with E-state index in [0.29, 0.717) is 42.8 Å². The highest BCUT2D eigenvalue weighted by molar-refractivity contribution is 5.81. The zero-order valence-corrected chi connectivity index (χ0v) is 16.4. The summed E-state index contributed by atoms with van der Waals surface area (Å²) in [6.07, 6.45) is 6.76. The minimum atomic E-state index is -0.717. The summed E-state index contributed by atoms with van der Waals surface area (Å²) in [4.78, 5) is 3.96. The number of aliphatic hydroxyl groups is 1. The molecule has 0 aliphatic carbocycles. The van der Waals surface area contributed by atoms with E-state index in [1.165, 1.54) is 0 Å². The number of aliphatic imine (C=N–C) groups is 1. The second-order valence-electron chi connectivity index (χ2n) is 7.66. The van der Waals surface area contributed by atoms with Gasteiger partial charge in [0.25, 0.3) is 0 Å². The summed E-state index contributed by atoms with van der Waals surface area (Å²) in [5.41, 5.74) is 11.9. The number of amidine groups is 1. The van der Waals surface area contributed by atoms with Gasteiger partial charge in [0.15, 0.2) is 0 Å². The van der Waals surface area contributed by atoms with E-state index in [-0.39, 0.29) is 11.8 Å². The molecular formula is C20H38FN3O. The van der Waals surface area contributed by atoms with E-state index in [0.717, 1.165) is 12.8 Å². The van der Waals surface area contributed by atoms with Gasteiger partial charge in [0.1, 0.15) is 12.5 Å². The fraction of sp³-hybridized carbons (Fsp3) is 0.750. The van der Waals surface area contributed by atoms with Gasteiger partial charge in [-0.2, -0.15) is 0 Å². The maximum Gasteiger partial charge on any atom is 0.146 e. The Bertz CT molecular complexity index is 437. The molecule has 0 aromatic heterocycles. The van der Waals surface area contributed by atoms with Gasteiger partial charge in [0.05, 0.1) is 6.10 Å². The molecule has 0 aliphatic rings. The van der Waals surface area contributed by atoms with Crippen molar-refractivity contribution in [1.82, 2.24) is 0 Å². The van der Waals surface area contributed by atoms with Crippen LogP contribution in [0.2, 0.25) is 0 Å². The number of halogens is 1. The van der Waals surface area contributed by atoms with E-state index in [1.54, 1.807) is 0 Å². The first kappa shape index (κ1) is 23.6. The molecule has 25 heavy (non-hydrogen) atoms. The summed E-state index contributed by atoms with van der Waals surface area (Å²) in [5.74, 6) is 1.75. The minimum absolute atomic E-state index is 0.0255. The second kappa shape index (κ2) is 12.9. The molecule has 0 aromatic rings. The Morgan fingerprint density at radius 3 is 2.24 bits per heavy atom. The molecule has 0 saturated carbocycles. The lowest BCUT2D eigenvalue weighted by Gasteiger charge is -2.22. The molecule has 5 atom stereocenters. The van der Waals surface area contributed by atoms with Crippen molar-refractivity contribution in [3.63, 3.8) is 0 Å². The average molecular weight is 356 g/mol. The molecule has 0 bridgehead atoms. The van der Waals surface area contributed by atoms with Gasteiger partial charge in [-0.3, -0.25) is 4.99 Å². The van der Waals surface area contributed by atoms with Crippen LogP contribution < -0.4 is 11.5 Å². The van der Waals surface area contributed by atoms with Crippen molar-refractivity contribution < 1.29 is 9.50 Å². The molecule has 0 saturated heterocycles. The molecule has 0 aromatic carbocycles. The van der Waals surface area contributed by atoms with Gasteiger partial charge in [-0.15, -0.1) is 6.58 Å². The predicted octanol–water partition coefficient (Wildman–Crippen LogP) is 3.81. The molecule has 4 nitrogen and oxygen atoms in total. The van der Waals surface area contributed by atoms with Gasteiger partial charge >= 0.3 is 0 Å². The first-order valence-electron chi connectivity index (χ1n) is 9.30. The van der Waals surface area contributed by atoms with Crippen LogP contribution in [-0.4, -0.2) is 30.3 Å². The predicted molar refractivity (Wildman–Crippen MR) is 106 cm³/mol. The Morgan fingerprint density at radius 1 is 1.08 bits per heavy atom. The van der Waals surface area contributed by atoms with E-state index in [9.17, 15) is 9.50 Å². The quantitative estimate of drug-likeness (QED) is 0.267. The zero-order valence-electron chi connectivity index (χ0n) is 16.4. The number of aliphatic hydroxyl groups excluding tert-OH is 1. The smallest absolute Gasteiger partial charge is 0.146 e. The Labute approximate surface area is 153 Å². The van der Waals surface area contributed by atoms with Gasteiger partial charge in [-0.05, 0) is 49.4 Å². The molecule has 0 heterocycles. The lowest BCUT2D eigenvalue weighted by atomic mass is 9.87. The first-order valence-corrected chi connectivity index (χ1v) is 9.30. The summed E-state index contributed by atoms with van der Waals surface area (Å²) in [7, 11) is 0. The van der Waals surface area contributed by atoms with E-state index in [1.807, 2.05) is 19.1 Å². The number of nitrogens with zero attached hydrogens (tertiary/aromatic N) is 1. The van der Waals surface area contributed by atoms with Crippen molar-refractivity contribution >= 4 is 5.84 Å². The summed E-state index contributed by atoms with van der Waals surface area (Å²) in [6, 6.07) is 0. The van der Waals surface area contributed by atoms with E-state index >= 15 is 0 Å². The highest BCUT2D eigenvalue weighted by Crippen LogP contribution is 2.24. The van der Waals surface area contributed by atoms with Crippen LogP contribution in [0, 0.1) is 23.7 Å². The molecule has 0 aliphatic heterocycles. The van der Waals surface area contributed by atoms with Crippen LogP contribution in [0.15, 0.2) is 29.4 Å². The molecule has 0 rings (SSSR count). The number of hydrogen-bond donors (Lipinski definition) is 3. The Hall–Kier alpha value is -1.36. The van der Waals surface area contributed by atoms with Gasteiger partial charge in [-0.25, -0.2) is 4.39 Å². The lowest BCUT2D eigenvalue weighted by Crippen LogP contribution is -2.21. The average Bonchev–Trinajstić information content (AvgIpc) is 2.56. The van der Waals surface area contributed by atoms with Crippen molar-refractivity contribution in [1.29, 1.82) is 0 Å². The van der Waals surface area contributed by atoms with Crippen molar-refractivity contribution in [2.75, 3.05) is 13.2 Å². The fourth-order valence-electron chi connectivity index (χ4n) is 2.99. The number of allylic oxidation sites excluding steroid dienone is 2. The summed E-state index contributed by atoms with van der Waals surface area (Å²) in [5, 5.41) is 10.3. The van der Waals surface area contributed by atoms with Gasteiger partial charge in [0, 0.05) is 12.2 Å². The summed E-state index contributed by atoms with van der Waals surface area (Å²) >= 11 is 0. The third-order valence-electron chi connectivity index (χ3n) is 4.49. The molecule has 5 N–H and O–H groups in total. The Kier molecular flexibility index (Phi) is 12.2. The highest BCUT2D eigenvalue weighted by Gasteiger charge is 2.16. The largest absolute Gasteiger partial charge is 0.400 e. The van der Waals surface area contributed by atoms with Crippen LogP contribution >= 0.6 is 0 Å². The molecule has 0 fully saturated rings. The molecule has 0 spiro atoms. The van der Waals surface area contributed by atoms with Crippen molar-refractivity contribution in [2.24, 2.45) is 40.1 Å². The monoisotopic (exact) mass is 355 g/mol. The van der Waals surface area contributed by atoms with Crippen LogP contribution in [0.1, 0.15) is 53.4 Å². The van der Waals surface area contributed by atoms with E-state index in [4.69, 9.17) is 11.5 Å². The van der Waals surface area contributed by atoms with E-state index in [2.05, 4.69) is 32.3 Å². The van der Waals surface area contributed by atoms with Gasteiger partial charge < -0.3 is 16.6 Å². The van der Waals surface area contributed by atoms with Crippen molar-refractivity contribution in [2.45, 2.75) is 59.5 Å². The maximum atomic E-state index is 12.2. The summed E-state index contributed by atoms with van der Waals surface area (Å²) < 4.78 is 12.2. The van der Waals surface area contributed by atoms with Crippen molar-refractivity contribution in [3.05, 3.63) is 24.4 Å². The standard InChI is InChI=1S/C20H38FN3O/c1-6-14(2)9-16(4)10-17(5)11-19(25)18(22)8-7-15(3)13-24-20(23)12-21/h6,8,14-17,19,25H,1,7,9-13,22H2,2-5H3,(H2,23,24)/b18-8+. The number of nitrogens with two attached hydrogens (primary N) is 2. The van der Waals surface area contributed by atoms with Crippen LogP contribution in [-0.2, 0) is 0 Å². The molecule has 5 heteroatoms.